The first-order valence-electron chi connectivity index (χ1n) is 6.47. The summed E-state index contributed by atoms with van der Waals surface area (Å²) in [7, 11) is 0. The molecule has 1 atom stereocenters. The lowest BCUT2D eigenvalue weighted by Gasteiger charge is -2.03. The van der Waals surface area contributed by atoms with E-state index < -0.39 is 0 Å². The standard InChI is InChI=1S/C14H16N4OS/c1-9(15)5-11-6-12-13(20-11)14(18-8-17-12)16-7-10-3-2-4-19-10/h2-4,6,8-9H,5,7,15H2,1H3,(H,16,17,18)/t9-/m0/s1. The van der Waals surface area contributed by atoms with Crippen molar-refractivity contribution < 1.29 is 4.42 Å². The molecule has 0 unspecified atom stereocenters. The highest BCUT2D eigenvalue weighted by atomic mass is 32.1. The third kappa shape index (κ3) is 2.81. The smallest absolute Gasteiger partial charge is 0.147 e. The van der Waals surface area contributed by atoms with Gasteiger partial charge in [0.05, 0.1) is 23.0 Å². The number of hydrogen-bond acceptors (Lipinski definition) is 6. The molecule has 0 bridgehead atoms. The molecule has 0 aliphatic carbocycles. The van der Waals surface area contributed by atoms with E-state index in [1.165, 1.54) is 4.88 Å². The minimum atomic E-state index is 0.149. The Labute approximate surface area is 120 Å². The number of thiophene rings is 1. The van der Waals surface area contributed by atoms with Crippen molar-refractivity contribution in [3.63, 3.8) is 0 Å². The van der Waals surface area contributed by atoms with Crippen molar-refractivity contribution in [2.45, 2.75) is 25.9 Å². The lowest BCUT2D eigenvalue weighted by Crippen LogP contribution is -2.16. The molecule has 3 aromatic rings. The summed E-state index contributed by atoms with van der Waals surface area (Å²) in [5.41, 5.74) is 6.81. The zero-order valence-corrected chi connectivity index (χ0v) is 12.0. The van der Waals surface area contributed by atoms with Crippen LogP contribution in [-0.4, -0.2) is 16.0 Å². The average Bonchev–Trinajstić information content (AvgIpc) is 3.03. The predicted molar refractivity (Wildman–Crippen MR) is 80.8 cm³/mol. The van der Waals surface area contributed by atoms with Gasteiger partial charge in [-0.3, -0.25) is 0 Å². The number of nitrogens with one attached hydrogen (secondary N) is 1. The molecule has 3 rings (SSSR count). The topological polar surface area (TPSA) is 77.0 Å². The molecule has 0 saturated carbocycles. The third-order valence-electron chi connectivity index (χ3n) is 2.90. The summed E-state index contributed by atoms with van der Waals surface area (Å²) >= 11 is 1.69. The van der Waals surface area contributed by atoms with Crippen LogP contribution in [0.3, 0.4) is 0 Å². The Hall–Kier alpha value is -1.92. The van der Waals surface area contributed by atoms with Crippen LogP contribution >= 0.6 is 11.3 Å². The number of nitrogens with two attached hydrogens (primary N) is 1. The van der Waals surface area contributed by atoms with Crippen molar-refractivity contribution in [1.29, 1.82) is 0 Å². The van der Waals surface area contributed by atoms with E-state index >= 15 is 0 Å². The Balaban J connectivity index is 1.84. The molecule has 0 saturated heterocycles. The molecule has 104 valence electrons. The summed E-state index contributed by atoms with van der Waals surface area (Å²) in [4.78, 5) is 9.86. The molecule has 0 amide bonds. The number of fused-ring (bicyclic) bond motifs is 1. The van der Waals surface area contributed by atoms with Gasteiger partial charge in [0.2, 0.25) is 0 Å². The van der Waals surface area contributed by atoms with Gasteiger partial charge in [-0.05, 0) is 31.5 Å². The van der Waals surface area contributed by atoms with E-state index in [9.17, 15) is 0 Å². The zero-order chi connectivity index (χ0) is 13.9. The van der Waals surface area contributed by atoms with Crippen LogP contribution in [0.5, 0.6) is 0 Å². The van der Waals surface area contributed by atoms with Crippen LogP contribution in [0.4, 0.5) is 5.82 Å². The van der Waals surface area contributed by atoms with Crippen molar-refractivity contribution in [3.05, 3.63) is 41.4 Å². The minimum Gasteiger partial charge on any atom is -0.467 e. The molecule has 20 heavy (non-hydrogen) atoms. The largest absolute Gasteiger partial charge is 0.467 e. The van der Waals surface area contributed by atoms with Gasteiger partial charge in [-0.2, -0.15) is 0 Å². The van der Waals surface area contributed by atoms with Gasteiger partial charge < -0.3 is 15.5 Å². The molecule has 0 aromatic carbocycles. The van der Waals surface area contributed by atoms with Crippen LogP contribution in [0, 0.1) is 0 Å². The minimum absolute atomic E-state index is 0.149. The zero-order valence-electron chi connectivity index (χ0n) is 11.2. The molecule has 5 nitrogen and oxygen atoms in total. The SMILES string of the molecule is C[C@H](N)Cc1cc2ncnc(NCc3ccco3)c2s1. The number of anilines is 1. The maximum Gasteiger partial charge on any atom is 0.147 e. The maximum absolute atomic E-state index is 5.85. The van der Waals surface area contributed by atoms with Gasteiger partial charge in [0, 0.05) is 10.9 Å². The van der Waals surface area contributed by atoms with Crippen molar-refractivity contribution in [2.24, 2.45) is 5.73 Å². The second-order valence-electron chi connectivity index (χ2n) is 4.76. The van der Waals surface area contributed by atoms with E-state index in [0.29, 0.717) is 6.54 Å². The molecular weight excluding hydrogens is 272 g/mol. The van der Waals surface area contributed by atoms with E-state index in [4.69, 9.17) is 10.2 Å². The highest BCUT2D eigenvalue weighted by molar-refractivity contribution is 7.19. The highest BCUT2D eigenvalue weighted by Gasteiger charge is 2.10. The summed E-state index contributed by atoms with van der Waals surface area (Å²) in [5.74, 6) is 1.72. The molecular formula is C14H16N4OS. The second-order valence-corrected chi connectivity index (χ2v) is 5.90. The van der Waals surface area contributed by atoms with E-state index in [1.807, 2.05) is 19.1 Å². The molecule has 0 radical (unpaired) electrons. The van der Waals surface area contributed by atoms with Crippen LogP contribution in [-0.2, 0) is 13.0 Å². The number of nitrogens with zero attached hydrogens (tertiary/aromatic N) is 2. The van der Waals surface area contributed by atoms with E-state index in [2.05, 4.69) is 21.4 Å². The predicted octanol–water partition coefficient (Wildman–Crippen LogP) is 2.79. The fourth-order valence-corrected chi connectivity index (χ4v) is 3.25. The van der Waals surface area contributed by atoms with Crippen molar-refractivity contribution in [2.75, 3.05) is 5.32 Å². The molecule has 3 heterocycles. The quantitative estimate of drug-likeness (QED) is 0.755. The van der Waals surface area contributed by atoms with Crippen molar-refractivity contribution >= 4 is 27.4 Å². The Morgan fingerprint density at radius 3 is 3.10 bits per heavy atom. The Kier molecular flexibility index (Phi) is 3.66. The van der Waals surface area contributed by atoms with Crippen molar-refractivity contribution in [3.8, 4) is 0 Å². The van der Waals surface area contributed by atoms with E-state index in [-0.39, 0.29) is 6.04 Å². The Bertz CT molecular complexity index is 690. The summed E-state index contributed by atoms with van der Waals surface area (Å²) in [5, 5.41) is 3.29. The number of rotatable bonds is 5. The maximum atomic E-state index is 5.85. The van der Waals surface area contributed by atoms with E-state index in [0.717, 1.165) is 28.2 Å². The molecule has 3 N–H and O–H groups in total. The monoisotopic (exact) mass is 288 g/mol. The molecule has 3 aromatic heterocycles. The first-order valence-corrected chi connectivity index (χ1v) is 7.29. The van der Waals surface area contributed by atoms with Crippen LogP contribution in [0.25, 0.3) is 10.2 Å². The molecule has 0 aliphatic heterocycles. The summed E-state index contributed by atoms with van der Waals surface area (Å²) < 4.78 is 6.37. The number of aromatic nitrogens is 2. The normalized spacial score (nSPS) is 12.7. The number of hydrogen-bond donors (Lipinski definition) is 2. The van der Waals surface area contributed by atoms with Gasteiger partial charge in [0.1, 0.15) is 17.9 Å². The van der Waals surface area contributed by atoms with Crippen LogP contribution in [0.2, 0.25) is 0 Å². The molecule has 6 heteroatoms. The number of furan rings is 1. The van der Waals surface area contributed by atoms with Gasteiger partial charge in [-0.1, -0.05) is 0 Å². The second kappa shape index (κ2) is 5.60. The van der Waals surface area contributed by atoms with Crippen molar-refractivity contribution in [1.82, 2.24) is 9.97 Å². The van der Waals surface area contributed by atoms with Gasteiger partial charge in [0.15, 0.2) is 0 Å². The lowest BCUT2D eigenvalue weighted by atomic mass is 10.2. The van der Waals surface area contributed by atoms with Gasteiger partial charge in [-0.15, -0.1) is 11.3 Å². The van der Waals surface area contributed by atoms with Crippen LogP contribution < -0.4 is 11.1 Å². The summed E-state index contributed by atoms with van der Waals surface area (Å²) in [6.45, 7) is 2.62. The summed E-state index contributed by atoms with van der Waals surface area (Å²) in [6.07, 6.45) is 4.10. The van der Waals surface area contributed by atoms with E-state index in [1.54, 1.807) is 23.9 Å². The first-order chi connectivity index (χ1) is 9.72. The average molecular weight is 288 g/mol. The Morgan fingerprint density at radius 2 is 2.35 bits per heavy atom. The molecule has 0 aliphatic rings. The fraction of sp³-hybridized carbons (Fsp3) is 0.286. The summed E-state index contributed by atoms with van der Waals surface area (Å²) in [6, 6.07) is 6.04. The van der Waals surface area contributed by atoms with Gasteiger partial charge >= 0.3 is 0 Å². The lowest BCUT2D eigenvalue weighted by molar-refractivity contribution is 0.518. The van der Waals surface area contributed by atoms with Crippen LogP contribution in [0.15, 0.2) is 35.2 Å². The fourth-order valence-electron chi connectivity index (χ4n) is 2.03. The molecule has 0 spiro atoms. The third-order valence-corrected chi connectivity index (χ3v) is 4.05. The highest BCUT2D eigenvalue weighted by Crippen LogP contribution is 2.29. The van der Waals surface area contributed by atoms with Gasteiger partial charge in [0.25, 0.3) is 0 Å². The Morgan fingerprint density at radius 1 is 1.45 bits per heavy atom. The molecule has 0 fully saturated rings. The van der Waals surface area contributed by atoms with Crippen LogP contribution in [0.1, 0.15) is 17.6 Å². The first kappa shape index (κ1) is 13.1. The van der Waals surface area contributed by atoms with Gasteiger partial charge in [-0.25, -0.2) is 9.97 Å².